The van der Waals surface area contributed by atoms with Gasteiger partial charge in [-0.25, -0.2) is 0 Å². The van der Waals surface area contributed by atoms with Gasteiger partial charge in [0.2, 0.25) is 5.91 Å². The summed E-state index contributed by atoms with van der Waals surface area (Å²) in [6.45, 7) is 3.13. The van der Waals surface area contributed by atoms with Crippen molar-refractivity contribution in [1.82, 2.24) is 10.6 Å². The van der Waals surface area contributed by atoms with Crippen molar-refractivity contribution in [2.24, 2.45) is 5.92 Å². The van der Waals surface area contributed by atoms with Gasteiger partial charge < -0.3 is 15.4 Å². The molecule has 0 radical (unpaired) electrons. The van der Waals surface area contributed by atoms with Gasteiger partial charge in [-0.15, -0.1) is 12.4 Å². The van der Waals surface area contributed by atoms with Crippen LogP contribution in [-0.2, 0) is 11.3 Å². The Morgan fingerprint density at radius 2 is 2.10 bits per heavy atom. The molecule has 118 valence electrons. The molecule has 5 heteroatoms. The van der Waals surface area contributed by atoms with Gasteiger partial charge in [0.15, 0.2) is 0 Å². The molecule has 21 heavy (non-hydrogen) atoms. The Kier molecular flexibility index (Phi) is 7.54. The van der Waals surface area contributed by atoms with Crippen molar-refractivity contribution in [3.8, 4) is 5.75 Å². The number of rotatable bonds is 7. The molecular weight excluding hydrogens is 288 g/mol. The largest absolute Gasteiger partial charge is 0.490 e. The first kappa shape index (κ1) is 17.8. The average molecular weight is 313 g/mol. The standard InChI is InChI=1S/C16H24N2O2.ClH/c1-12(10-17-2)16(19)18-11-13-6-3-4-9-15(13)20-14-7-5-8-14;/h3-4,6,9,12,14,17H,5,7-8,10-11H2,1-2H3,(H,18,19);1H. The Labute approximate surface area is 133 Å². The lowest BCUT2D eigenvalue weighted by atomic mass is 9.96. The molecule has 0 aliphatic heterocycles. The molecule has 1 saturated carbocycles. The van der Waals surface area contributed by atoms with E-state index in [4.69, 9.17) is 4.74 Å². The summed E-state index contributed by atoms with van der Waals surface area (Å²) in [5.41, 5.74) is 1.05. The van der Waals surface area contributed by atoms with Gasteiger partial charge >= 0.3 is 0 Å². The Hall–Kier alpha value is -1.26. The van der Waals surface area contributed by atoms with Gasteiger partial charge in [-0.2, -0.15) is 0 Å². The molecule has 0 saturated heterocycles. The molecule has 4 nitrogen and oxygen atoms in total. The van der Waals surface area contributed by atoms with E-state index in [0.717, 1.165) is 24.2 Å². The van der Waals surface area contributed by atoms with Gasteiger partial charge in [0.1, 0.15) is 5.75 Å². The number of halogens is 1. The van der Waals surface area contributed by atoms with E-state index in [2.05, 4.69) is 10.6 Å². The van der Waals surface area contributed by atoms with Crippen LogP contribution in [0, 0.1) is 5.92 Å². The number of nitrogens with one attached hydrogen (secondary N) is 2. The second-order valence-corrected chi connectivity index (χ2v) is 5.46. The van der Waals surface area contributed by atoms with Crippen LogP contribution in [0.15, 0.2) is 24.3 Å². The van der Waals surface area contributed by atoms with Gasteiger partial charge in [-0.1, -0.05) is 25.1 Å². The fourth-order valence-corrected chi connectivity index (χ4v) is 2.19. The quantitative estimate of drug-likeness (QED) is 0.813. The lowest BCUT2D eigenvalue weighted by molar-refractivity contribution is -0.124. The number of amides is 1. The van der Waals surface area contributed by atoms with Crippen molar-refractivity contribution < 1.29 is 9.53 Å². The molecule has 1 amide bonds. The van der Waals surface area contributed by atoms with Crippen LogP contribution < -0.4 is 15.4 Å². The number of ether oxygens (including phenoxy) is 1. The van der Waals surface area contributed by atoms with E-state index in [9.17, 15) is 4.79 Å². The second-order valence-electron chi connectivity index (χ2n) is 5.46. The zero-order valence-corrected chi connectivity index (χ0v) is 13.5. The topological polar surface area (TPSA) is 50.4 Å². The number of hydrogen-bond donors (Lipinski definition) is 2. The number of carbonyl (C=O) groups is 1. The first-order valence-electron chi connectivity index (χ1n) is 7.37. The first-order valence-corrected chi connectivity index (χ1v) is 7.37. The number of carbonyl (C=O) groups excluding carboxylic acids is 1. The van der Waals surface area contributed by atoms with Gasteiger partial charge in [0, 0.05) is 24.6 Å². The molecule has 1 aliphatic rings. The second kappa shape index (κ2) is 8.90. The predicted octanol–water partition coefficient (Wildman–Crippen LogP) is 2.51. The van der Waals surface area contributed by atoms with Crippen LogP contribution in [-0.4, -0.2) is 25.6 Å². The number of hydrogen-bond acceptors (Lipinski definition) is 3. The van der Waals surface area contributed by atoms with Crippen LogP contribution in [0.4, 0.5) is 0 Å². The molecule has 1 aromatic rings. The maximum absolute atomic E-state index is 11.9. The molecule has 1 unspecified atom stereocenters. The summed E-state index contributed by atoms with van der Waals surface area (Å²) in [7, 11) is 1.85. The Balaban J connectivity index is 0.00000220. The van der Waals surface area contributed by atoms with Crippen molar-refractivity contribution in [1.29, 1.82) is 0 Å². The predicted molar refractivity (Wildman–Crippen MR) is 86.9 cm³/mol. The molecule has 0 bridgehead atoms. The number of benzene rings is 1. The molecule has 2 N–H and O–H groups in total. The van der Waals surface area contributed by atoms with Crippen molar-refractivity contribution >= 4 is 18.3 Å². The van der Waals surface area contributed by atoms with Gasteiger partial charge in [-0.3, -0.25) is 4.79 Å². The fourth-order valence-electron chi connectivity index (χ4n) is 2.19. The molecule has 1 aliphatic carbocycles. The van der Waals surface area contributed by atoms with E-state index in [0.29, 0.717) is 19.2 Å². The normalized spacial score (nSPS) is 15.5. The molecule has 0 aromatic heterocycles. The average Bonchev–Trinajstić information content (AvgIpc) is 2.41. The zero-order valence-electron chi connectivity index (χ0n) is 12.7. The van der Waals surface area contributed by atoms with E-state index in [-0.39, 0.29) is 24.2 Å². The zero-order chi connectivity index (χ0) is 14.4. The summed E-state index contributed by atoms with van der Waals surface area (Å²) < 4.78 is 5.96. The summed E-state index contributed by atoms with van der Waals surface area (Å²) >= 11 is 0. The van der Waals surface area contributed by atoms with Crippen LogP contribution >= 0.6 is 12.4 Å². The third-order valence-corrected chi connectivity index (χ3v) is 3.73. The lowest BCUT2D eigenvalue weighted by Gasteiger charge is -2.27. The van der Waals surface area contributed by atoms with Gasteiger partial charge in [0.25, 0.3) is 0 Å². The Bertz CT molecular complexity index is 450. The molecule has 1 aromatic carbocycles. The summed E-state index contributed by atoms with van der Waals surface area (Å²) in [5, 5.41) is 5.99. The van der Waals surface area contributed by atoms with Gasteiger partial charge in [-0.05, 0) is 32.4 Å². The first-order chi connectivity index (χ1) is 9.70. The third kappa shape index (κ3) is 5.21. The minimum atomic E-state index is -0.0280. The van der Waals surface area contributed by atoms with Crippen LogP contribution in [0.1, 0.15) is 31.7 Å². The molecule has 0 spiro atoms. The van der Waals surface area contributed by atoms with Crippen molar-refractivity contribution in [2.75, 3.05) is 13.6 Å². The molecule has 2 rings (SSSR count). The highest BCUT2D eigenvalue weighted by atomic mass is 35.5. The summed E-state index contributed by atoms with van der Waals surface area (Å²) in [6.07, 6.45) is 3.89. The SMILES string of the molecule is CNCC(C)C(=O)NCc1ccccc1OC1CCC1.Cl. The smallest absolute Gasteiger partial charge is 0.224 e. The summed E-state index contributed by atoms with van der Waals surface area (Å²) in [6, 6.07) is 7.95. The van der Waals surface area contributed by atoms with E-state index in [1.807, 2.05) is 38.2 Å². The van der Waals surface area contributed by atoms with E-state index in [1.54, 1.807) is 0 Å². The van der Waals surface area contributed by atoms with Crippen LogP contribution in [0.2, 0.25) is 0 Å². The highest BCUT2D eigenvalue weighted by Gasteiger charge is 2.20. The fraction of sp³-hybridized carbons (Fsp3) is 0.562. The van der Waals surface area contributed by atoms with E-state index < -0.39 is 0 Å². The highest BCUT2D eigenvalue weighted by molar-refractivity contribution is 5.85. The van der Waals surface area contributed by atoms with Crippen LogP contribution in [0.25, 0.3) is 0 Å². The Morgan fingerprint density at radius 3 is 2.71 bits per heavy atom. The lowest BCUT2D eigenvalue weighted by Crippen LogP contribution is -2.34. The van der Waals surface area contributed by atoms with Crippen LogP contribution in [0.3, 0.4) is 0 Å². The summed E-state index contributed by atoms with van der Waals surface area (Å²) in [4.78, 5) is 11.9. The number of para-hydroxylation sites is 1. The molecule has 1 atom stereocenters. The molecule has 0 heterocycles. The van der Waals surface area contributed by atoms with Crippen molar-refractivity contribution in [2.45, 2.75) is 38.8 Å². The third-order valence-electron chi connectivity index (χ3n) is 3.73. The van der Waals surface area contributed by atoms with Crippen molar-refractivity contribution in [3.63, 3.8) is 0 Å². The van der Waals surface area contributed by atoms with E-state index >= 15 is 0 Å². The minimum absolute atomic E-state index is 0. The maximum Gasteiger partial charge on any atom is 0.224 e. The van der Waals surface area contributed by atoms with Crippen molar-refractivity contribution in [3.05, 3.63) is 29.8 Å². The molecule has 1 fully saturated rings. The molecular formula is C16H25ClN2O2. The van der Waals surface area contributed by atoms with E-state index in [1.165, 1.54) is 6.42 Å². The van der Waals surface area contributed by atoms with Crippen LogP contribution in [0.5, 0.6) is 5.75 Å². The summed E-state index contributed by atoms with van der Waals surface area (Å²) in [5.74, 6) is 0.941. The maximum atomic E-state index is 11.9. The highest BCUT2D eigenvalue weighted by Crippen LogP contribution is 2.27. The minimum Gasteiger partial charge on any atom is -0.490 e. The van der Waals surface area contributed by atoms with Gasteiger partial charge in [0.05, 0.1) is 6.10 Å². The Morgan fingerprint density at radius 1 is 1.38 bits per heavy atom. The monoisotopic (exact) mass is 312 g/mol.